The fourth-order valence-electron chi connectivity index (χ4n) is 2.02. The first-order valence-corrected chi connectivity index (χ1v) is 6.09. The standard InChI is InChI=1S/C16H14F2O/c1-10(2)15-13(17)8-12(9-14(15)18)16(19)11-6-4-3-5-7-11/h3-10H,1-2H3. The van der Waals surface area contributed by atoms with Crippen LogP contribution < -0.4 is 0 Å². The van der Waals surface area contributed by atoms with E-state index in [4.69, 9.17) is 0 Å². The fourth-order valence-corrected chi connectivity index (χ4v) is 2.02. The maximum Gasteiger partial charge on any atom is 0.193 e. The van der Waals surface area contributed by atoms with E-state index in [1.807, 2.05) is 0 Å². The molecule has 0 amide bonds. The molecule has 1 nitrogen and oxygen atoms in total. The molecule has 0 saturated heterocycles. The van der Waals surface area contributed by atoms with Crippen LogP contribution >= 0.6 is 0 Å². The highest BCUT2D eigenvalue weighted by atomic mass is 19.1. The molecule has 0 unspecified atom stereocenters. The first-order valence-electron chi connectivity index (χ1n) is 6.09. The predicted octanol–water partition coefficient (Wildman–Crippen LogP) is 4.32. The molecule has 0 saturated carbocycles. The summed E-state index contributed by atoms with van der Waals surface area (Å²) >= 11 is 0. The van der Waals surface area contributed by atoms with Gasteiger partial charge in [-0.05, 0) is 18.1 Å². The van der Waals surface area contributed by atoms with Crippen molar-refractivity contribution in [2.24, 2.45) is 0 Å². The minimum Gasteiger partial charge on any atom is -0.289 e. The Kier molecular flexibility index (Phi) is 3.74. The SMILES string of the molecule is CC(C)c1c(F)cc(C(=O)c2ccccc2)cc1F. The van der Waals surface area contributed by atoms with Crippen LogP contribution in [0.15, 0.2) is 42.5 Å². The minimum absolute atomic E-state index is 0.0182. The number of carbonyl (C=O) groups excluding carboxylic acids is 1. The van der Waals surface area contributed by atoms with Crippen LogP contribution in [-0.2, 0) is 0 Å². The lowest BCUT2D eigenvalue weighted by Crippen LogP contribution is -2.06. The van der Waals surface area contributed by atoms with Gasteiger partial charge in [-0.2, -0.15) is 0 Å². The zero-order chi connectivity index (χ0) is 14.0. The summed E-state index contributed by atoms with van der Waals surface area (Å²) in [6, 6.07) is 10.6. The Bertz CT molecular complexity index is 580. The molecule has 2 aromatic rings. The normalized spacial score (nSPS) is 10.8. The summed E-state index contributed by atoms with van der Waals surface area (Å²) in [6.45, 7) is 3.42. The van der Waals surface area contributed by atoms with Crippen LogP contribution in [0.3, 0.4) is 0 Å². The van der Waals surface area contributed by atoms with Gasteiger partial charge in [-0.3, -0.25) is 4.79 Å². The van der Waals surface area contributed by atoms with Gasteiger partial charge in [0.05, 0.1) is 0 Å². The summed E-state index contributed by atoms with van der Waals surface area (Å²) in [5.41, 5.74) is 0.466. The molecule has 0 N–H and O–H groups in total. The van der Waals surface area contributed by atoms with E-state index >= 15 is 0 Å². The summed E-state index contributed by atoms with van der Waals surface area (Å²) in [6.07, 6.45) is 0. The Morgan fingerprint density at radius 1 is 0.947 bits per heavy atom. The lowest BCUT2D eigenvalue weighted by molar-refractivity contribution is 0.103. The Hall–Kier alpha value is -2.03. The van der Waals surface area contributed by atoms with Crippen molar-refractivity contribution in [2.45, 2.75) is 19.8 Å². The second kappa shape index (κ2) is 5.31. The van der Waals surface area contributed by atoms with E-state index in [2.05, 4.69) is 0 Å². The van der Waals surface area contributed by atoms with E-state index in [1.165, 1.54) is 0 Å². The number of ketones is 1. The van der Waals surface area contributed by atoms with E-state index in [9.17, 15) is 13.6 Å². The van der Waals surface area contributed by atoms with Gasteiger partial charge >= 0.3 is 0 Å². The molecule has 2 aromatic carbocycles. The van der Waals surface area contributed by atoms with E-state index in [-0.39, 0.29) is 22.8 Å². The van der Waals surface area contributed by atoms with Crippen LogP contribution in [0.2, 0.25) is 0 Å². The van der Waals surface area contributed by atoms with E-state index in [0.29, 0.717) is 5.56 Å². The van der Waals surface area contributed by atoms with Gasteiger partial charge in [0.1, 0.15) is 11.6 Å². The van der Waals surface area contributed by atoms with Crippen LogP contribution in [0.4, 0.5) is 8.78 Å². The third-order valence-electron chi connectivity index (χ3n) is 2.95. The van der Waals surface area contributed by atoms with Crippen molar-refractivity contribution >= 4 is 5.78 Å². The van der Waals surface area contributed by atoms with E-state index in [1.54, 1.807) is 44.2 Å². The number of halogens is 2. The van der Waals surface area contributed by atoms with Crippen LogP contribution in [0.1, 0.15) is 41.3 Å². The average Bonchev–Trinajstić information content (AvgIpc) is 2.37. The van der Waals surface area contributed by atoms with Crippen molar-refractivity contribution in [1.82, 2.24) is 0 Å². The molecule has 0 aromatic heterocycles. The van der Waals surface area contributed by atoms with Crippen molar-refractivity contribution in [3.63, 3.8) is 0 Å². The summed E-state index contributed by atoms with van der Waals surface area (Å²) in [5.74, 6) is -1.99. The Morgan fingerprint density at radius 2 is 1.47 bits per heavy atom. The van der Waals surface area contributed by atoms with Crippen molar-refractivity contribution in [2.75, 3.05) is 0 Å². The monoisotopic (exact) mass is 260 g/mol. The quantitative estimate of drug-likeness (QED) is 0.751. The van der Waals surface area contributed by atoms with Crippen LogP contribution in [0.25, 0.3) is 0 Å². The molecule has 98 valence electrons. The van der Waals surface area contributed by atoms with Crippen LogP contribution in [0.5, 0.6) is 0 Å². The maximum atomic E-state index is 13.8. The smallest absolute Gasteiger partial charge is 0.193 e. The molecular weight excluding hydrogens is 246 g/mol. The minimum atomic E-state index is -0.672. The molecule has 0 spiro atoms. The topological polar surface area (TPSA) is 17.1 Å². The van der Waals surface area contributed by atoms with Crippen molar-refractivity contribution in [3.05, 3.63) is 70.8 Å². The Labute approximate surface area is 110 Å². The van der Waals surface area contributed by atoms with Gasteiger partial charge in [0.25, 0.3) is 0 Å². The molecule has 0 bridgehead atoms. The summed E-state index contributed by atoms with van der Waals surface area (Å²) in [7, 11) is 0. The molecular formula is C16H14F2O. The zero-order valence-electron chi connectivity index (χ0n) is 10.8. The second-order valence-electron chi connectivity index (χ2n) is 4.70. The first kappa shape index (κ1) is 13.4. The highest BCUT2D eigenvalue weighted by molar-refractivity contribution is 6.09. The van der Waals surface area contributed by atoms with Crippen molar-refractivity contribution in [3.8, 4) is 0 Å². The van der Waals surface area contributed by atoms with Crippen molar-refractivity contribution < 1.29 is 13.6 Å². The van der Waals surface area contributed by atoms with Gasteiger partial charge in [0.15, 0.2) is 5.78 Å². The molecule has 2 rings (SSSR count). The lowest BCUT2D eigenvalue weighted by Gasteiger charge is -2.10. The highest BCUT2D eigenvalue weighted by Crippen LogP contribution is 2.24. The molecule has 0 aliphatic heterocycles. The molecule has 0 fully saturated rings. The first-order chi connectivity index (χ1) is 9.00. The lowest BCUT2D eigenvalue weighted by atomic mass is 9.96. The highest BCUT2D eigenvalue weighted by Gasteiger charge is 2.18. The number of carbonyl (C=O) groups is 1. The molecule has 0 atom stereocenters. The van der Waals surface area contributed by atoms with E-state index < -0.39 is 11.6 Å². The fraction of sp³-hybridized carbons (Fsp3) is 0.188. The van der Waals surface area contributed by atoms with Crippen LogP contribution in [0, 0.1) is 11.6 Å². The average molecular weight is 260 g/mol. The van der Waals surface area contributed by atoms with Gasteiger partial charge in [-0.1, -0.05) is 44.2 Å². The molecule has 0 heterocycles. The molecule has 3 heteroatoms. The maximum absolute atomic E-state index is 13.8. The second-order valence-corrected chi connectivity index (χ2v) is 4.70. The largest absolute Gasteiger partial charge is 0.289 e. The van der Waals surface area contributed by atoms with Gasteiger partial charge in [-0.25, -0.2) is 8.78 Å². The van der Waals surface area contributed by atoms with Gasteiger partial charge in [-0.15, -0.1) is 0 Å². The number of hydrogen-bond acceptors (Lipinski definition) is 1. The molecule has 0 aliphatic carbocycles. The Balaban J connectivity index is 2.45. The third-order valence-corrected chi connectivity index (χ3v) is 2.95. The van der Waals surface area contributed by atoms with Gasteiger partial charge in [0, 0.05) is 16.7 Å². The van der Waals surface area contributed by atoms with Gasteiger partial charge in [0.2, 0.25) is 0 Å². The number of benzene rings is 2. The summed E-state index contributed by atoms with van der Waals surface area (Å²) in [4.78, 5) is 12.1. The van der Waals surface area contributed by atoms with E-state index in [0.717, 1.165) is 12.1 Å². The number of rotatable bonds is 3. The third kappa shape index (κ3) is 2.70. The molecule has 19 heavy (non-hydrogen) atoms. The molecule has 0 aliphatic rings. The summed E-state index contributed by atoms with van der Waals surface area (Å²) in [5, 5.41) is 0. The van der Waals surface area contributed by atoms with Crippen molar-refractivity contribution in [1.29, 1.82) is 0 Å². The predicted molar refractivity (Wildman–Crippen MR) is 70.3 cm³/mol. The zero-order valence-corrected chi connectivity index (χ0v) is 10.8. The number of hydrogen-bond donors (Lipinski definition) is 0. The Morgan fingerprint density at radius 3 is 1.95 bits per heavy atom. The van der Waals surface area contributed by atoms with Gasteiger partial charge < -0.3 is 0 Å². The van der Waals surface area contributed by atoms with Crippen LogP contribution in [-0.4, -0.2) is 5.78 Å². The summed E-state index contributed by atoms with van der Waals surface area (Å²) < 4.78 is 27.7. The molecule has 0 radical (unpaired) electrons.